The molecule has 0 radical (unpaired) electrons. The van der Waals surface area contributed by atoms with E-state index in [9.17, 15) is 14.4 Å². The van der Waals surface area contributed by atoms with E-state index >= 15 is 0 Å². The summed E-state index contributed by atoms with van der Waals surface area (Å²) >= 11 is 0. The summed E-state index contributed by atoms with van der Waals surface area (Å²) in [4.78, 5) is 34.8. The average molecular weight is 289 g/mol. The first kappa shape index (κ1) is 15.2. The zero-order valence-electron chi connectivity index (χ0n) is 12.1. The SMILES string of the molecule is Cc1ccc(NC(=O)C(C)NC2CCC(=O)NC2=O)cc1. The lowest BCUT2D eigenvalue weighted by molar-refractivity contribution is -0.134. The molecule has 1 fully saturated rings. The van der Waals surface area contributed by atoms with E-state index in [1.807, 2.05) is 31.2 Å². The summed E-state index contributed by atoms with van der Waals surface area (Å²) in [5.41, 5.74) is 1.82. The Morgan fingerprint density at radius 1 is 1.29 bits per heavy atom. The lowest BCUT2D eigenvalue weighted by Gasteiger charge is -2.25. The molecule has 1 aromatic carbocycles. The number of carbonyl (C=O) groups is 3. The first-order valence-electron chi connectivity index (χ1n) is 6.93. The number of aryl methyl sites for hydroxylation is 1. The van der Waals surface area contributed by atoms with Gasteiger partial charge in [-0.1, -0.05) is 17.7 Å². The predicted octanol–water partition coefficient (Wildman–Crippen LogP) is 0.717. The van der Waals surface area contributed by atoms with E-state index in [1.165, 1.54) is 0 Å². The minimum absolute atomic E-state index is 0.219. The number of benzene rings is 1. The Morgan fingerprint density at radius 3 is 2.57 bits per heavy atom. The fourth-order valence-corrected chi connectivity index (χ4v) is 2.12. The van der Waals surface area contributed by atoms with Crippen molar-refractivity contribution in [3.63, 3.8) is 0 Å². The van der Waals surface area contributed by atoms with Crippen LogP contribution in [-0.4, -0.2) is 29.8 Å². The van der Waals surface area contributed by atoms with E-state index in [-0.39, 0.29) is 24.1 Å². The van der Waals surface area contributed by atoms with Gasteiger partial charge in [0.15, 0.2) is 0 Å². The summed E-state index contributed by atoms with van der Waals surface area (Å²) in [5, 5.41) is 7.98. The molecule has 21 heavy (non-hydrogen) atoms. The van der Waals surface area contributed by atoms with Crippen LogP contribution in [0.2, 0.25) is 0 Å². The van der Waals surface area contributed by atoms with Gasteiger partial charge in [-0.05, 0) is 32.4 Å². The maximum atomic E-state index is 12.1. The van der Waals surface area contributed by atoms with Crippen LogP contribution in [0, 0.1) is 6.92 Å². The van der Waals surface area contributed by atoms with Gasteiger partial charge < -0.3 is 5.32 Å². The van der Waals surface area contributed by atoms with Crippen molar-refractivity contribution < 1.29 is 14.4 Å². The lowest BCUT2D eigenvalue weighted by atomic mass is 10.1. The Labute approximate surface area is 123 Å². The van der Waals surface area contributed by atoms with Gasteiger partial charge in [-0.3, -0.25) is 25.0 Å². The average Bonchev–Trinajstić information content (AvgIpc) is 2.44. The molecule has 112 valence electrons. The molecule has 1 saturated heterocycles. The van der Waals surface area contributed by atoms with Crippen molar-refractivity contribution in [2.45, 2.75) is 38.8 Å². The van der Waals surface area contributed by atoms with Crippen LogP contribution in [0.3, 0.4) is 0 Å². The largest absolute Gasteiger partial charge is 0.325 e. The maximum absolute atomic E-state index is 12.1. The number of hydrogen-bond acceptors (Lipinski definition) is 4. The van der Waals surface area contributed by atoms with Crippen molar-refractivity contribution in [1.82, 2.24) is 10.6 Å². The normalized spacial score (nSPS) is 19.8. The van der Waals surface area contributed by atoms with E-state index in [0.29, 0.717) is 12.1 Å². The Hall–Kier alpha value is -2.21. The number of amides is 3. The van der Waals surface area contributed by atoms with E-state index < -0.39 is 12.1 Å². The van der Waals surface area contributed by atoms with Crippen molar-refractivity contribution >= 4 is 23.4 Å². The molecular formula is C15H19N3O3. The number of rotatable bonds is 4. The summed E-state index contributed by atoms with van der Waals surface area (Å²) in [6, 6.07) is 6.43. The molecule has 1 heterocycles. The maximum Gasteiger partial charge on any atom is 0.243 e. The third-order valence-electron chi connectivity index (χ3n) is 3.40. The topological polar surface area (TPSA) is 87.3 Å². The van der Waals surface area contributed by atoms with Gasteiger partial charge in [0.05, 0.1) is 12.1 Å². The number of piperidine rings is 1. The Kier molecular flexibility index (Phi) is 4.70. The van der Waals surface area contributed by atoms with Crippen LogP contribution in [0.4, 0.5) is 5.69 Å². The fraction of sp³-hybridized carbons (Fsp3) is 0.400. The lowest BCUT2D eigenvalue weighted by Crippen LogP contribution is -2.55. The van der Waals surface area contributed by atoms with E-state index in [4.69, 9.17) is 0 Å². The Bertz CT molecular complexity index is 554. The first-order chi connectivity index (χ1) is 9.95. The third kappa shape index (κ3) is 4.13. The molecular weight excluding hydrogens is 270 g/mol. The quantitative estimate of drug-likeness (QED) is 0.713. The van der Waals surface area contributed by atoms with Gasteiger partial charge in [0.1, 0.15) is 0 Å². The summed E-state index contributed by atoms with van der Waals surface area (Å²) in [5.74, 6) is -0.861. The van der Waals surface area contributed by atoms with Crippen LogP contribution in [0.25, 0.3) is 0 Å². The second kappa shape index (κ2) is 6.49. The van der Waals surface area contributed by atoms with Crippen LogP contribution >= 0.6 is 0 Å². The molecule has 2 unspecified atom stereocenters. The molecule has 2 rings (SSSR count). The Balaban J connectivity index is 1.89. The highest BCUT2D eigenvalue weighted by atomic mass is 16.2. The molecule has 1 aliphatic heterocycles. The highest BCUT2D eigenvalue weighted by Crippen LogP contribution is 2.10. The third-order valence-corrected chi connectivity index (χ3v) is 3.40. The number of hydrogen-bond donors (Lipinski definition) is 3. The molecule has 0 saturated carbocycles. The van der Waals surface area contributed by atoms with Crippen LogP contribution < -0.4 is 16.0 Å². The molecule has 0 aromatic heterocycles. The second-order valence-corrected chi connectivity index (χ2v) is 5.25. The smallest absolute Gasteiger partial charge is 0.243 e. The van der Waals surface area contributed by atoms with Gasteiger partial charge in [-0.25, -0.2) is 0 Å². The second-order valence-electron chi connectivity index (χ2n) is 5.25. The van der Waals surface area contributed by atoms with E-state index in [0.717, 1.165) is 5.56 Å². The van der Waals surface area contributed by atoms with Crippen molar-refractivity contribution in [2.24, 2.45) is 0 Å². The highest BCUT2D eigenvalue weighted by Gasteiger charge is 2.28. The highest BCUT2D eigenvalue weighted by molar-refractivity contribution is 6.01. The van der Waals surface area contributed by atoms with Crippen LogP contribution in [0.15, 0.2) is 24.3 Å². The summed E-state index contributed by atoms with van der Waals surface area (Å²) < 4.78 is 0. The number of anilines is 1. The molecule has 2 atom stereocenters. The molecule has 1 aliphatic rings. The Morgan fingerprint density at radius 2 is 1.95 bits per heavy atom. The van der Waals surface area contributed by atoms with Crippen molar-refractivity contribution in [3.05, 3.63) is 29.8 Å². The standard InChI is InChI=1S/C15H19N3O3/c1-9-3-5-11(6-4-9)17-14(20)10(2)16-12-7-8-13(19)18-15(12)21/h3-6,10,12,16H,7-8H2,1-2H3,(H,17,20)(H,18,19,21). The number of carbonyl (C=O) groups excluding carboxylic acids is 3. The minimum atomic E-state index is -0.532. The predicted molar refractivity (Wildman–Crippen MR) is 78.6 cm³/mol. The molecule has 0 bridgehead atoms. The zero-order chi connectivity index (χ0) is 15.4. The van der Waals surface area contributed by atoms with Crippen LogP contribution in [0.1, 0.15) is 25.3 Å². The number of imide groups is 1. The van der Waals surface area contributed by atoms with Gasteiger partial charge in [0.2, 0.25) is 17.7 Å². The van der Waals surface area contributed by atoms with Gasteiger partial charge in [0.25, 0.3) is 0 Å². The monoisotopic (exact) mass is 289 g/mol. The molecule has 3 N–H and O–H groups in total. The van der Waals surface area contributed by atoms with Crippen molar-refractivity contribution in [2.75, 3.05) is 5.32 Å². The molecule has 1 aromatic rings. The van der Waals surface area contributed by atoms with Gasteiger partial charge >= 0.3 is 0 Å². The van der Waals surface area contributed by atoms with Crippen LogP contribution in [0.5, 0.6) is 0 Å². The molecule has 6 heteroatoms. The number of nitrogens with one attached hydrogen (secondary N) is 3. The van der Waals surface area contributed by atoms with E-state index in [2.05, 4.69) is 16.0 Å². The van der Waals surface area contributed by atoms with Gasteiger partial charge in [-0.2, -0.15) is 0 Å². The molecule has 0 aliphatic carbocycles. The van der Waals surface area contributed by atoms with Gasteiger partial charge in [0, 0.05) is 12.1 Å². The fourth-order valence-electron chi connectivity index (χ4n) is 2.12. The summed E-state index contributed by atoms with van der Waals surface area (Å²) in [7, 11) is 0. The van der Waals surface area contributed by atoms with Crippen molar-refractivity contribution in [3.8, 4) is 0 Å². The summed E-state index contributed by atoms with van der Waals surface area (Å²) in [6.45, 7) is 3.66. The molecule has 0 spiro atoms. The van der Waals surface area contributed by atoms with E-state index in [1.54, 1.807) is 6.92 Å². The molecule has 3 amide bonds. The van der Waals surface area contributed by atoms with Crippen molar-refractivity contribution in [1.29, 1.82) is 0 Å². The van der Waals surface area contributed by atoms with Crippen LogP contribution in [-0.2, 0) is 14.4 Å². The first-order valence-corrected chi connectivity index (χ1v) is 6.93. The minimum Gasteiger partial charge on any atom is -0.325 e. The molecule has 6 nitrogen and oxygen atoms in total. The summed E-state index contributed by atoms with van der Waals surface area (Å²) in [6.07, 6.45) is 0.697. The zero-order valence-corrected chi connectivity index (χ0v) is 12.1. The van der Waals surface area contributed by atoms with Gasteiger partial charge in [-0.15, -0.1) is 0 Å².